The number of anilines is 2. The van der Waals surface area contributed by atoms with Crippen LogP contribution in [0.25, 0.3) is 10.7 Å². The van der Waals surface area contributed by atoms with Crippen LogP contribution in [-0.4, -0.2) is 82.9 Å². The first kappa shape index (κ1) is 25.9. The number of benzene rings is 1. The number of ether oxygens (including phenoxy) is 1. The molecule has 3 heterocycles. The van der Waals surface area contributed by atoms with Gasteiger partial charge in [0.1, 0.15) is 5.69 Å². The lowest BCUT2D eigenvalue weighted by Gasteiger charge is -2.31. The summed E-state index contributed by atoms with van der Waals surface area (Å²) in [6, 6.07) is 3.28. The summed E-state index contributed by atoms with van der Waals surface area (Å²) in [4.78, 5) is 34.5. The number of piperazine rings is 1. The average Bonchev–Trinajstić information content (AvgIpc) is 3.44. The molecule has 10 nitrogen and oxygen atoms in total. The summed E-state index contributed by atoms with van der Waals surface area (Å²) in [6.45, 7) is 4.75. The molecule has 0 saturated carbocycles. The molecular formula is C21H22F3N7O3S2. The number of hydrogen-bond acceptors (Lipinski definition) is 10. The highest BCUT2D eigenvalue weighted by atomic mass is 32.1. The van der Waals surface area contributed by atoms with E-state index in [2.05, 4.69) is 35.5 Å². The van der Waals surface area contributed by atoms with E-state index in [1.54, 1.807) is 5.51 Å². The molecule has 192 valence electrons. The molecule has 2 N–H and O–H groups in total. The molecule has 1 aromatic carbocycles. The fourth-order valence-corrected chi connectivity index (χ4v) is 4.87. The quantitative estimate of drug-likeness (QED) is 0.469. The van der Waals surface area contributed by atoms with Gasteiger partial charge in [-0.3, -0.25) is 19.8 Å². The Hall–Kier alpha value is -3.14. The lowest BCUT2D eigenvalue weighted by molar-refractivity contribution is -0.274. The molecule has 2 aromatic heterocycles. The van der Waals surface area contributed by atoms with Crippen LogP contribution in [0, 0.1) is 6.92 Å². The van der Waals surface area contributed by atoms with Gasteiger partial charge in [0.2, 0.25) is 11.0 Å². The molecule has 1 saturated heterocycles. The van der Waals surface area contributed by atoms with Gasteiger partial charge in [0.25, 0.3) is 5.91 Å². The zero-order valence-electron chi connectivity index (χ0n) is 19.3. The molecular weight excluding hydrogens is 519 g/mol. The monoisotopic (exact) mass is 541 g/mol. The van der Waals surface area contributed by atoms with Gasteiger partial charge in [-0.1, -0.05) is 11.3 Å². The zero-order chi connectivity index (χ0) is 25.9. The van der Waals surface area contributed by atoms with Crippen LogP contribution < -0.4 is 15.4 Å². The van der Waals surface area contributed by atoms with Crippen molar-refractivity contribution in [3.05, 3.63) is 34.2 Å². The molecule has 36 heavy (non-hydrogen) atoms. The van der Waals surface area contributed by atoms with Crippen LogP contribution in [0.3, 0.4) is 0 Å². The van der Waals surface area contributed by atoms with Crippen molar-refractivity contribution in [2.75, 3.05) is 50.4 Å². The SMILES string of the molecule is Cc1scnc1-c1nnc(NC(=O)c2ccc(OC(F)(F)F)c(NC(=O)CN3CCN(C)CC3)c2)s1. The summed E-state index contributed by atoms with van der Waals surface area (Å²) in [6.07, 6.45) is -4.97. The maximum Gasteiger partial charge on any atom is 0.573 e. The molecule has 0 bridgehead atoms. The van der Waals surface area contributed by atoms with Crippen molar-refractivity contribution >= 4 is 45.3 Å². The van der Waals surface area contributed by atoms with Crippen LogP contribution in [0.15, 0.2) is 23.7 Å². The van der Waals surface area contributed by atoms with E-state index in [9.17, 15) is 22.8 Å². The number of carbonyl (C=O) groups excluding carboxylic acids is 2. The van der Waals surface area contributed by atoms with E-state index in [1.165, 1.54) is 17.4 Å². The maximum absolute atomic E-state index is 12.9. The molecule has 0 radical (unpaired) electrons. The molecule has 1 aliphatic heterocycles. The topological polar surface area (TPSA) is 113 Å². The number of rotatable bonds is 7. The first-order valence-corrected chi connectivity index (χ1v) is 12.4. The van der Waals surface area contributed by atoms with Crippen molar-refractivity contribution in [2.24, 2.45) is 0 Å². The number of amides is 2. The molecule has 1 aliphatic rings. The van der Waals surface area contributed by atoms with Gasteiger partial charge >= 0.3 is 6.36 Å². The molecule has 2 amide bonds. The Morgan fingerprint density at radius 1 is 1.14 bits per heavy atom. The minimum absolute atomic E-state index is 0.000676. The Bertz CT molecular complexity index is 1240. The number of alkyl halides is 3. The lowest BCUT2D eigenvalue weighted by atomic mass is 10.1. The Labute approximate surface area is 212 Å². The molecule has 1 fully saturated rings. The molecule has 0 aliphatic carbocycles. The smallest absolute Gasteiger partial charge is 0.404 e. The second-order valence-electron chi connectivity index (χ2n) is 8.01. The van der Waals surface area contributed by atoms with Gasteiger partial charge < -0.3 is 15.0 Å². The Morgan fingerprint density at radius 3 is 2.56 bits per heavy atom. The molecule has 0 atom stereocenters. The summed E-state index contributed by atoms with van der Waals surface area (Å²) in [5.74, 6) is -1.78. The van der Waals surface area contributed by atoms with Gasteiger partial charge in [0.05, 0.1) is 17.7 Å². The number of likely N-dealkylation sites (N-methyl/N-ethyl adjacent to an activating group) is 1. The summed E-state index contributed by atoms with van der Waals surface area (Å²) in [5, 5.41) is 13.7. The fraction of sp³-hybridized carbons (Fsp3) is 0.381. The first-order valence-electron chi connectivity index (χ1n) is 10.7. The molecule has 0 spiro atoms. The predicted octanol–water partition coefficient (Wildman–Crippen LogP) is 3.31. The molecule has 3 aromatic rings. The summed E-state index contributed by atoms with van der Waals surface area (Å²) >= 11 is 2.56. The van der Waals surface area contributed by atoms with Crippen LogP contribution in [-0.2, 0) is 4.79 Å². The molecule has 15 heteroatoms. The number of halogens is 3. The minimum atomic E-state index is -4.97. The Morgan fingerprint density at radius 2 is 1.89 bits per heavy atom. The second-order valence-corrected chi connectivity index (χ2v) is 10.0. The Balaban J connectivity index is 1.48. The van der Waals surface area contributed by atoms with E-state index in [4.69, 9.17) is 0 Å². The van der Waals surface area contributed by atoms with Crippen molar-refractivity contribution in [1.29, 1.82) is 0 Å². The van der Waals surface area contributed by atoms with Crippen LogP contribution in [0.4, 0.5) is 24.0 Å². The predicted molar refractivity (Wildman–Crippen MR) is 129 cm³/mol. The van der Waals surface area contributed by atoms with Crippen LogP contribution >= 0.6 is 22.7 Å². The van der Waals surface area contributed by atoms with E-state index in [0.717, 1.165) is 41.4 Å². The number of aromatic nitrogens is 3. The lowest BCUT2D eigenvalue weighted by Crippen LogP contribution is -2.47. The van der Waals surface area contributed by atoms with Crippen molar-refractivity contribution in [2.45, 2.75) is 13.3 Å². The number of thiazole rings is 1. The number of hydrogen-bond donors (Lipinski definition) is 2. The van der Waals surface area contributed by atoms with Crippen LogP contribution in [0.5, 0.6) is 5.75 Å². The van der Waals surface area contributed by atoms with E-state index in [0.29, 0.717) is 23.8 Å². The molecule has 0 unspecified atom stereocenters. The average molecular weight is 542 g/mol. The third kappa shape index (κ3) is 6.75. The number of nitrogens with zero attached hydrogens (tertiary/aromatic N) is 5. The third-order valence-corrected chi connectivity index (χ3v) is 6.90. The number of carbonyl (C=O) groups is 2. The number of nitrogens with one attached hydrogen (secondary N) is 2. The summed E-state index contributed by atoms with van der Waals surface area (Å²) in [5.41, 5.74) is 2.07. The second kappa shape index (κ2) is 10.9. The highest BCUT2D eigenvalue weighted by Gasteiger charge is 2.33. The van der Waals surface area contributed by atoms with Gasteiger partial charge in [0.15, 0.2) is 10.8 Å². The third-order valence-electron chi connectivity index (χ3n) is 5.30. The number of aryl methyl sites for hydroxylation is 1. The van der Waals surface area contributed by atoms with E-state index in [-0.39, 0.29) is 22.9 Å². The van der Waals surface area contributed by atoms with Gasteiger partial charge in [-0.05, 0) is 32.2 Å². The van der Waals surface area contributed by atoms with Crippen molar-refractivity contribution in [1.82, 2.24) is 25.0 Å². The highest BCUT2D eigenvalue weighted by Crippen LogP contribution is 2.33. The van der Waals surface area contributed by atoms with Crippen LogP contribution in [0.2, 0.25) is 0 Å². The van der Waals surface area contributed by atoms with Crippen LogP contribution in [0.1, 0.15) is 15.2 Å². The van der Waals surface area contributed by atoms with Crippen molar-refractivity contribution in [3.8, 4) is 16.5 Å². The van der Waals surface area contributed by atoms with Gasteiger partial charge in [-0.2, -0.15) is 0 Å². The van der Waals surface area contributed by atoms with E-state index >= 15 is 0 Å². The fourth-order valence-electron chi connectivity index (χ4n) is 3.43. The van der Waals surface area contributed by atoms with Gasteiger partial charge in [-0.25, -0.2) is 4.98 Å². The summed E-state index contributed by atoms with van der Waals surface area (Å²) in [7, 11) is 1.97. The van der Waals surface area contributed by atoms with E-state index < -0.39 is 23.9 Å². The van der Waals surface area contributed by atoms with Crippen molar-refractivity contribution < 1.29 is 27.5 Å². The highest BCUT2D eigenvalue weighted by molar-refractivity contribution is 7.19. The van der Waals surface area contributed by atoms with Crippen molar-refractivity contribution in [3.63, 3.8) is 0 Å². The van der Waals surface area contributed by atoms with E-state index in [1.807, 2.05) is 18.9 Å². The first-order chi connectivity index (χ1) is 17.1. The Kier molecular flexibility index (Phi) is 7.82. The normalized spacial score (nSPS) is 15.0. The molecule has 4 rings (SSSR count). The van der Waals surface area contributed by atoms with Gasteiger partial charge in [-0.15, -0.1) is 34.7 Å². The maximum atomic E-state index is 12.9. The largest absolute Gasteiger partial charge is 0.573 e. The summed E-state index contributed by atoms with van der Waals surface area (Å²) < 4.78 is 42.8. The standard InChI is InChI=1S/C21H22F3N7O3S2/c1-12-17(25-11-35-12)19-28-29-20(36-19)27-18(33)13-3-4-15(34-21(22,23)24)14(9-13)26-16(32)10-31-7-5-30(2)6-8-31/h3-4,9,11H,5-8,10H2,1-2H3,(H,26,32)(H,27,29,33). The van der Waals surface area contributed by atoms with Gasteiger partial charge in [0, 0.05) is 36.6 Å². The minimum Gasteiger partial charge on any atom is -0.404 e. The zero-order valence-corrected chi connectivity index (χ0v) is 20.9.